The zero-order chi connectivity index (χ0) is 30.9. The van der Waals surface area contributed by atoms with E-state index in [1.54, 1.807) is 11.8 Å². The summed E-state index contributed by atoms with van der Waals surface area (Å²) in [6, 6.07) is 23.9. The number of nitrogens with one attached hydrogen (secondary N) is 2. The largest absolute Gasteiger partial charge is 0.481 e. The van der Waals surface area contributed by atoms with Crippen molar-refractivity contribution in [2.45, 2.75) is 63.0 Å². The van der Waals surface area contributed by atoms with Crippen molar-refractivity contribution >= 4 is 23.6 Å². The van der Waals surface area contributed by atoms with Crippen LogP contribution in [-0.4, -0.2) is 49.1 Å². The smallest absolute Gasteiger partial charge is 0.303 e. The molecule has 1 fully saturated rings. The zero-order valence-corrected chi connectivity index (χ0v) is 25.2. The average Bonchev–Trinajstić information content (AvgIpc) is 3.57. The van der Waals surface area contributed by atoms with Gasteiger partial charge >= 0.3 is 5.97 Å². The minimum atomic E-state index is -0.900. The molecule has 2 heterocycles. The fourth-order valence-electron chi connectivity index (χ4n) is 5.12. The molecule has 11 heteroatoms. The molecule has 44 heavy (non-hydrogen) atoms. The van der Waals surface area contributed by atoms with Crippen LogP contribution < -0.4 is 5.32 Å². The molecule has 3 aromatic carbocycles. The molecule has 10 nitrogen and oxygen atoms in total. The number of rotatable bonds is 13. The van der Waals surface area contributed by atoms with E-state index < -0.39 is 12.3 Å². The molecule has 1 amide bonds. The van der Waals surface area contributed by atoms with Gasteiger partial charge in [-0.15, -0.1) is 0 Å². The number of nitrogens with zero attached hydrogens (tertiary/aromatic N) is 2. The molecule has 4 atom stereocenters. The summed E-state index contributed by atoms with van der Waals surface area (Å²) in [5, 5.41) is 28.7. The van der Waals surface area contributed by atoms with E-state index in [0.29, 0.717) is 18.7 Å². The third-order valence-electron chi connectivity index (χ3n) is 7.63. The number of aliphatic carboxylic acids is 1. The molecular formula is C33H36N4O6S. The van der Waals surface area contributed by atoms with Crippen molar-refractivity contribution in [1.29, 1.82) is 0 Å². The van der Waals surface area contributed by atoms with Gasteiger partial charge in [-0.2, -0.15) is 5.10 Å². The lowest BCUT2D eigenvalue weighted by molar-refractivity contribution is -0.268. The van der Waals surface area contributed by atoms with E-state index in [1.165, 1.54) is 6.33 Å². The Labute approximate surface area is 260 Å². The zero-order valence-electron chi connectivity index (χ0n) is 24.4. The molecular weight excluding hydrogens is 580 g/mol. The number of aromatic nitrogens is 3. The van der Waals surface area contributed by atoms with E-state index in [-0.39, 0.29) is 43.5 Å². The molecule has 230 valence electrons. The number of benzene rings is 3. The molecule has 1 aliphatic rings. The maximum absolute atomic E-state index is 12.1. The molecule has 4 aromatic rings. The molecule has 0 radical (unpaired) electrons. The Balaban J connectivity index is 1.28. The number of aliphatic hydroxyl groups excluding tert-OH is 1. The second kappa shape index (κ2) is 15.1. The van der Waals surface area contributed by atoms with Crippen molar-refractivity contribution in [3.63, 3.8) is 0 Å². The van der Waals surface area contributed by atoms with Gasteiger partial charge in [-0.25, -0.2) is 4.98 Å². The van der Waals surface area contributed by atoms with E-state index in [9.17, 15) is 14.7 Å². The van der Waals surface area contributed by atoms with Gasteiger partial charge in [0.15, 0.2) is 11.4 Å². The van der Waals surface area contributed by atoms with Gasteiger partial charge in [-0.3, -0.25) is 14.7 Å². The van der Waals surface area contributed by atoms with Crippen LogP contribution in [0.3, 0.4) is 0 Å². The standard InChI is InChI=1S/C33H36N4O6S/c1-21-28(19-44-33-35-20-36-37-33)42-32(43-31(21)25-10-8-22(18-38)9-11-25)26-14-12-24(13-15-26)27-5-2-4-23(16-27)17-34-29(39)6-3-7-30(40)41/h2,4-5,8-16,20-21,28,31-32,38H,3,6-7,17-19H2,1H3,(H,34,39)(H,40,41)(H,35,36,37)/t21-,28+,31+,32+/m0/s1. The first-order chi connectivity index (χ1) is 21.4. The number of carbonyl (C=O) groups excluding carboxylic acids is 1. The van der Waals surface area contributed by atoms with Crippen LogP contribution >= 0.6 is 11.8 Å². The van der Waals surface area contributed by atoms with Gasteiger partial charge in [0.2, 0.25) is 5.91 Å². The van der Waals surface area contributed by atoms with Crippen molar-refractivity contribution < 1.29 is 29.3 Å². The fraction of sp³-hybridized carbons (Fsp3) is 0.333. The highest BCUT2D eigenvalue weighted by molar-refractivity contribution is 7.99. The van der Waals surface area contributed by atoms with Gasteiger partial charge in [0.05, 0.1) is 18.8 Å². The molecule has 1 saturated heterocycles. The molecule has 1 aromatic heterocycles. The Hall–Kier alpha value is -4.03. The van der Waals surface area contributed by atoms with Gasteiger partial charge in [-0.1, -0.05) is 85.4 Å². The molecule has 5 rings (SSSR count). The number of amides is 1. The predicted octanol–water partition coefficient (Wildman–Crippen LogP) is 5.42. The Morgan fingerprint density at radius 3 is 2.43 bits per heavy atom. The van der Waals surface area contributed by atoms with Gasteiger partial charge in [0.25, 0.3) is 0 Å². The number of aromatic amines is 1. The summed E-state index contributed by atoms with van der Waals surface area (Å²) in [6.45, 7) is 2.48. The minimum absolute atomic E-state index is 0.0119. The van der Waals surface area contributed by atoms with Crippen LogP contribution in [0.5, 0.6) is 0 Å². The minimum Gasteiger partial charge on any atom is -0.481 e. The summed E-state index contributed by atoms with van der Waals surface area (Å²) in [7, 11) is 0. The first-order valence-corrected chi connectivity index (χ1v) is 15.5. The normalized spacial score (nSPS) is 19.9. The van der Waals surface area contributed by atoms with E-state index >= 15 is 0 Å². The molecule has 0 unspecified atom stereocenters. The maximum atomic E-state index is 12.1. The average molecular weight is 617 g/mol. The van der Waals surface area contributed by atoms with Crippen LogP contribution in [0.25, 0.3) is 11.1 Å². The SMILES string of the molecule is C[C@H]1[C@@H](CSc2ncn[nH]2)O[C@@H](c2ccc(-c3cccc(CNC(=O)CCCC(=O)O)c3)cc2)O[C@H]1c1ccc(CO)cc1. The van der Waals surface area contributed by atoms with Crippen LogP contribution in [0.15, 0.2) is 84.3 Å². The number of carbonyl (C=O) groups is 2. The second-order valence-electron chi connectivity index (χ2n) is 10.8. The Bertz CT molecular complexity index is 1510. The highest BCUT2D eigenvalue weighted by Crippen LogP contribution is 2.43. The number of hydrogen-bond donors (Lipinski definition) is 4. The van der Waals surface area contributed by atoms with Crippen molar-refractivity contribution in [1.82, 2.24) is 20.5 Å². The highest BCUT2D eigenvalue weighted by atomic mass is 32.2. The number of ether oxygens (including phenoxy) is 2. The highest BCUT2D eigenvalue weighted by Gasteiger charge is 2.38. The summed E-state index contributed by atoms with van der Waals surface area (Å²) in [6.07, 6.45) is 1.06. The Morgan fingerprint density at radius 2 is 1.73 bits per heavy atom. The second-order valence-corrected chi connectivity index (χ2v) is 11.8. The number of H-pyrrole nitrogens is 1. The summed E-state index contributed by atoms with van der Waals surface area (Å²) in [4.78, 5) is 27.0. The van der Waals surface area contributed by atoms with E-state index in [0.717, 1.165) is 38.5 Å². The first kappa shape index (κ1) is 31.4. The van der Waals surface area contributed by atoms with Crippen molar-refractivity contribution in [2.24, 2.45) is 5.92 Å². The Kier molecular flexibility index (Phi) is 10.8. The topological polar surface area (TPSA) is 147 Å². The van der Waals surface area contributed by atoms with Crippen LogP contribution in [0.2, 0.25) is 0 Å². The van der Waals surface area contributed by atoms with E-state index in [2.05, 4.69) is 27.4 Å². The lowest BCUT2D eigenvalue weighted by atomic mass is 9.91. The molecule has 0 spiro atoms. The summed E-state index contributed by atoms with van der Waals surface area (Å²) >= 11 is 1.56. The number of carboxylic acids is 1. The van der Waals surface area contributed by atoms with Crippen LogP contribution in [0.1, 0.15) is 60.8 Å². The van der Waals surface area contributed by atoms with Crippen LogP contribution in [-0.2, 0) is 32.2 Å². The van der Waals surface area contributed by atoms with E-state index in [1.807, 2.05) is 72.8 Å². The Morgan fingerprint density at radius 1 is 0.955 bits per heavy atom. The molecule has 0 saturated carbocycles. The predicted molar refractivity (Wildman–Crippen MR) is 165 cm³/mol. The molecule has 4 N–H and O–H groups in total. The fourth-order valence-corrected chi connectivity index (χ4v) is 6.06. The van der Waals surface area contributed by atoms with Gasteiger partial charge < -0.3 is 25.0 Å². The van der Waals surface area contributed by atoms with Crippen molar-refractivity contribution in [3.8, 4) is 11.1 Å². The number of hydrogen-bond acceptors (Lipinski definition) is 8. The quantitative estimate of drug-likeness (QED) is 0.145. The lowest BCUT2D eigenvalue weighted by Gasteiger charge is -2.41. The van der Waals surface area contributed by atoms with Crippen molar-refractivity contribution in [3.05, 3.63) is 101 Å². The number of aliphatic hydroxyl groups is 1. The van der Waals surface area contributed by atoms with Crippen LogP contribution in [0, 0.1) is 5.92 Å². The van der Waals surface area contributed by atoms with Gasteiger partial charge in [0, 0.05) is 36.6 Å². The summed E-state index contributed by atoms with van der Waals surface area (Å²) < 4.78 is 13.1. The lowest BCUT2D eigenvalue weighted by Crippen LogP contribution is -2.38. The maximum Gasteiger partial charge on any atom is 0.303 e. The number of carboxylic acid groups (broad SMARTS) is 1. The first-order valence-electron chi connectivity index (χ1n) is 14.6. The van der Waals surface area contributed by atoms with Crippen molar-refractivity contribution in [2.75, 3.05) is 5.75 Å². The van der Waals surface area contributed by atoms with Crippen LogP contribution in [0.4, 0.5) is 0 Å². The molecule has 0 bridgehead atoms. The molecule has 0 aliphatic carbocycles. The third kappa shape index (κ3) is 8.32. The monoisotopic (exact) mass is 616 g/mol. The number of thioether (sulfide) groups is 1. The van der Waals surface area contributed by atoms with E-state index in [4.69, 9.17) is 14.6 Å². The molecule has 1 aliphatic heterocycles. The van der Waals surface area contributed by atoms with Gasteiger partial charge in [0.1, 0.15) is 6.33 Å². The van der Waals surface area contributed by atoms with Gasteiger partial charge in [-0.05, 0) is 40.3 Å². The summed E-state index contributed by atoms with van der Waals surface area (Å²) in [5.41, 5.74) is 5.75. The summed E-state index contributed by atoms with van der Waals surface area (Å²) in [5.74, 6) is -0.338. The third-order valence-corrected chi connectivity index (χ3v) is 8.59.